The Morgan fingerprint density at radius 2 is 1.83 bits per heavy atom. The number of halogens is 3. The molecule has 1 saturated heterocycles. The number of alkyl halides is 3. The van der Waals surface area contributed by atoms with Crippen LogP contribution >= 0.6 is 0 Å². The Morgan fingerprint density at radius 3 is 2.30 bits per heavy atom. The number of aliphatic hydroxyl groups is 1. The molecule has 1 aromatic carbocycles. The summed E-state index contributed by atoms with van der Waals surface area (Å²) in [5.41, 5.74) is 0.944. The summed E-state index contributed by atoms with van der Waals surface area (Å²) in [7, 11) is 0. The topological polar surface area (TPSA) is 69.6 Å². The second kappa shape index (κ2) is 6.99. The van der Waals surface area contributed by atoms with Gasteiger partial charge in [-0.3, -0.25) is 9.59 Å². The lowest BCUT2D eigenvalue weighted by molar-refractivity contribution is -0.222. The van der Waals surface area contributed by atoms with Crippen molar-refractivity contribution in [2.24, 2.45) is 5.92 Å². The highest BCUT2D eigenvalue weighted by Crippen LogP contribution is 2.31. The maximum absolute atomic E-state index is 12.5. The fourth-order valence-electron chi connectivity index (χ4n) is 2.65. The zero-order chi connectivity index (χ0) is 17.0. The summed E-state index contributed by atoms with van der Waals surface area (Å²) in [6, 6.07) is 6.24. The van der Waals surface area contributed by atoms with Gasteiger partial charge in [-0.25, -0.2) is 0 Å². The van der Waals surface area contributed by atoms with E-state index >= 15 is 0 Å². The SMILES string of the molecule is O=CNc1ccc(C(=O)N2CCC(C(O)C(F)(F)F)CC2)cc1. The minimum Gasteiger partial charge on any atom is -0.383 e. The number of hydrogen-bond acceptors (Lipinski definition) is 3. The molecule has 1 aliphatic rings. The average Bonchev–Trinajstić information content (AvgIpc) is 2.54. The number of carbonyl (C=O) groups excluding carboxylic acids is 2. The van der Waals surface area contributed by atoms with Crippen molar-refractivity contribution in [3.8, 4) is 0 Å². The maximum atomic E-state index is 12.5. The molecule has 0 spiro atoms. The number of rotatable bonds is 4. The Morgan fingerprint density at radius 1 is 1.26 bits per heavy atom. The molecule has 0 aliphatic carbocycles. The molecular weight excluding hydrogens is 313 g/mol. The molecular formula is C15H17F3N2O3. The molecule has 0 aromatic heterocycles. The van der Waals surface area contributed by atoms with Gasteiger partial charge in [-0.2, -0.15) is 13.2 Å². The van der Waals surface area contributed by atoms with E-state index in [1.165, 1.54) is 4.90 Å². The lowest BCUT2D eigenvalue weighted by Crippen LogP contribution is -2.45. The average molecular weight is 330 g/mol. The highest BCUT2D eigenvalue weighted by Gasteiger charge is 2.44. The van der Waals surface area contributed by atoms with Gasteiger partial charge in [0.05, 0.1) is 0 Å². The van der Waals surface area contributed by atoms with E-state index in [1.54, 1.807) is 24.3 Å². The van der Waals surface area contributed by atoms with Crippen molar-refractivity contribution in [3.05, 3.63) is 29.8 Å². The molecule has 1 aliphatic heterocycles. The van der Waals surface area contributed by atoms with E-state index in [2.05, 4.69) is 5.32 Å². The van der Waals surface area contributed by atoms with Gasteiger partial charge in [-0.15, -0.1) is 0 Å². The van der Waals surface area contributed by atoms with Crippen LogP contribution in [0.15, 0.2) is 24.3 Å². The van der Waals surface area contributed by atoms with Crippen LogP contribution in [-0.2, 0) is 4.79 Å². The zero-order valence-corrected chi connectivity index (χ0v) is 12.2. The Labute approximate surface area is 131 Å². The molecule has 126 valence electrons. The Kier molecular flexibility index (Phi) is 5.25. The molecule has 0 saturated carbocycles. The number of carbonyl (C=O) groups is 2. The molecule has 2 N–H and O–H groups in total. The van der Waals surface area contributed by atoms with E-state index in [9.17, 15) is 27.9 Å². The predicted octanol–water partition coefficient (Wildman–Crippen LogP) is 2.03. The molecule has 1 atom stereocenters. The molecule has 1 fully saturated rings. The fraction of sp³-hybridized carbons (Fsp3) is 0.467. The fourth-order valence-corrected chi connectivity index (χ4v) is 2.65. The summed E-state index contributed by atoms with van der Waals surface area (Å²) < 4.78 is 37.5. The Balaban J connectivity index is 1.94. The second-order valence-electron chi connectivity index (χ2n) is 5.46. The van der Waals surface area contributed by atoms with Crippen molar-refractivity contribution in [2.45, 2.75) is 25.1 Å². The first-order valence-electron chi connectivity index (χ1n) is 7.17. The number of nitrogens with one attached hydrogen (secondary N) is 1. The number of piperidine rings is 1. The molecule has 8 heteroatoms. The van der Waals surface area contributed by atoms with Crippen LogP contribution in [0, 0.1) is 5.92 Å². The van der Waals surface area contributed by atoms with Crippen LogP contribution in [0.1, 0.15) is 23.2 Å². The number of benzene rings is 1. The van der Waals surface area contributed by atoms with E-state index in [0.29, 0.717) is 17.7 Å². The highest BCUT2D eigenvalue weighted by atomic mass is 19.4. The van der Waals surface area contributed by atoms with E-state index in [1.807, 2.05) is 0 Å². The summed E-state index contributed by atoms with van der Waals surface area (Å²) in [6.07, 6.45) is -6.23. The molecule has 1 aromatic rings. The first kappa shape index (κ1) is 17.3. The van der Waals surface area contributed by atoms with Crippen LogP contribution in [0.25, 0.3) is 0 Å². The number of likely N-dealkylation sites (tertiary alicyclic amines) is 1. The van der Waals surface area contributed by atoms with Gasteiger partial charge in [0, 0.05) is 24.3 Å². The Hall–Kier alpha value is -2.09. The highest BCUT2D eigenvalue weighted by molar-refractivity contribution is 5.94. The first-order chi connectivity index (χ1) is 10.8. The summed E-state index contributed by atoms with van der Waals surface area (Å²) >= 11 is 0. The second-order valence-corrected chi connectivity index (χ2v) is 5.46. The minimum atomic E-state index is -4.63. The van der Waals surface area contributed by atoms with E-state index < -0.39 is 18.2 Å². The van der Waals surface area contributed by atoms with Gasteiger partial charge in [0.1, 0.15) is 0 Å². The summed E-state index contributed by atoms with van der Waals surface area (Å²) in [6.45, 7) is 0.343. The van der Waals surface area contributed by atoms with Crippen molar-refractivity contribution in [3.63, 3.8) is 0 Å². The zero-order valence-electron chi connectivity index (χ0n) is 12.2. The van der Waals surface area contributed by atoms with Crippen molar-refractivity contribution in [2.75, 3.05) is 18.4 Å². The van der Waals surface area contributed by atoms with Crippen LogP contribution in [-0.4, -0.2) is 47.7 Å². The number of amides is 2. The van der Waals surface area contributed by atoms with Gasteiger partial charge in [-0.1, -0.05) is 0 Å². The largest absolute Gasteiger partial charge is 0.414 e. The first-order valence-corrected chi connectivity index (χ1v) is 7.17. The van der Waals surface area contributed by atoms with Crippen LogP contribution in [0.3, 0.4) is 0 Å². The van der Waals surface area contributed by atoms with Crippen LogP contribution < -0.4 is 5.32 Å². The standard InChI is InChI=1S/C15H17F3N2O3/c16-15(17,18)13(22)10-5-7-20(8-6-10)14(23)11-1-3-12(4-2-11)19-9-21/h1-4,9-10,13,22H,5-8H2,(H,19,21). The summed E-state index contributed by atoms with van der Waals surface area (Å²) in [5, 5.41) is 11.7. The lowest BCUT2D eigenvalue weighted by atomic mass is 9.90. The van der Waals surface area contributed by atoms with Gasteiger partial charge < -0.3 is 15.3 Å². The van der Waals surface area contributed by atoms with Gasteiger partial charge in [0.15, 0.2) is 6.10 Å². The van der Waals surface area contributed by atoms with E-state index in [-0.39, 0.29) is 31.8 Å². The molecule has 5 nitrogen and oxygen atoms in total. The van der Waals surface area contributed by atoms with Crippen molar-refractivity contribution in [1.29, 1.82) is 0 Å². The minimum absolute atomic E-state index is 0.108. The smallest absolute Gasteiger partial charge is 0.383 e. The third-order valence-corrected chi connectivity index (χ3v) is 3.97. The molecule has 1 unspecified atom stereocenters. The van der Waals surface area contributed by atoms with E-state index in [4.69, 9.17) is 0 Å². The van der Waals surface area contributed by atoms with Crippen LogP contribution in [0.2, 0.25) is 0 Å². The van der Waals surface area contributed by atoms with Gasteiger partial charge in [0.25, 0.3) is 5.91 Å². The summed E-state index contributed by atoms with van der Waals surface area (Å²) in [5.74, 6) is -1.15. The molecule has 1 heterocycles. The Bertz CT molecular complexity index is 552. The number of nitrogens with zero attached hydrogens (tertiary/aromatic N) is 1. The molecule has 23 heavy (non-hydrogen) atoms. The third-order valence-electron chi connectivity index (χ3n) is 3.97. The molecule has 2 rings (SSSR count). The number of aliphatic hydroxyl groups excluding tert-OH is 1. The molecule has 0 radical (unpaired) electrons. The van der Waals surface area contributed by atoms with Crippen LogP contribution in [0.5, 0.6) is 0 Å². The van der Waals surface area contributed by atoms with Gasteiger partial charge in [0.2, 0.25) is 6.41 Å². The lowest BCUT2D eigenvalue weighted by Gasteiger charge is -2.34. The van der Waals surface area contributed by atoms with Crippen molar-refractivity contribution >= 4 is 18.0 Å². The van der Waals surface area contributed by atoms with E-state index in [0.717, 1.165) is 0 Å². The van der Waals surface area contributed by atoms with Crippen molar-refractivity contribution < 1.29 is 27.9 Å². The monoisotopic (exact) mass is 330 g/mol. The molecule has 2 amide bonds. The number of hydrogen-bond donors (Lipinski definition) is 2. The predicted molar refractivity (Wildman–Crippen MR) is 76.8 cm³/mol. The van der Waals surface area contributed by atoms with Gasteiger partial charge in [-0.05, 0) is 43.0 Å². The maximum Gasteiger partial charge on any atom is 0.414 e. The third kappa shape index (κ3) is 4.22. The molecule has 0 bridgehead atoms. The van der Waals surface area contributed by atoms with Gasteiger partial charge >= 0.3 is 6.18 Å². The summed E-state index contributed by atoms with van der Waals surface area (Å²) in [4.78, 5) is 24.1. The van der Waals surface area contributed by atoms with Crippen LogP contribution in [0.4, 0.5) is 18.9 Å². The number of anilines is 1. The normalized spacial score (nSPS) is 17.7. The van der Waals surface area contributed by atoms with Crippen molar-refractivity contribution in [1.82, 2.24) is 4.90 Å². The quantitative estimate of drug-likeness (QED) is 0.830.